The molecule has 3 aliphatic rings. The van der Waals surface area contributed by atoms with E-state index in [1.165, 1.54) is 29.8 Å². The molecule has 17 nitrogen and oxygen atoms in total. The standard InChI is InChI=1S/C38H51F2N7O10.CH3I/c1-4-5-6-7-12-31(48)43-26(17-23-15-24(39)18-25(40)16-23)33(50)44-27-20-57-38(55)29-11-9-14-47(29)35(52)22(2)42-34(51)30(21-56-32(49)19-41)45(3)37(54)28-10-8-13-46(28)36(27)53;1-2/h7,12,15-16,18,22,26-30H,4-6,8-11,13-14,17,19-21,41H2,1-3H3,(H,42,51)(H,43,48)(H,44,50);1H3/b12-7+;/t22-,26-,27-,28-,29-,30-;/m0./s1. The summed E-state index contributed by atoms with van der Waals surface area (Å²) in [5.41, 5.74) is 5.38. The molecule has 3 saturated heterocycles. The zero-order chi connectivity index (χ0) is 43.8. The number of nitrogens with two attached hydrogens (primary N) is 1. The van der Waals surface area contributed by atoms with Crippen molar-refractivity contribution < 1.29 is 56.6 Å². The van der Waals surface area contributed by atoms with Crippen molar-refractivity contribution in [2.24, 2.45) is 5.73 Å². The molecule has 0 bridgehead atoms. The maximum absolute atomic E-state index is 14.4. The van der Waals surface area contributed by atoms with E-state index in [9.17, 15) is 47.1 Å². The van der Waals surface area contributed by atoms with E-state index in [0.717, 1.165) is 29.9 Å². The Morgan fingerprint density at radius 3 is 2.25 bits per heavy atom. The van der Waals surface area contributed by atoms with Crippen LogP contribution in [-0.4, -0.2) is 143 Å². The first-order chi connectivity index (χ1) is 28.1. The van der Waals surface area contributed by atoms with Gasteiger partial charge in [0.15, 0.2) is 0 Å². The normalized spacial score (nSPS) is 23.4. The number of carbonyl (C=O) groups excluding carboxylic acids is 8. The van der Waals surface area contributed by atoms with Gasteiger partial charge in [-0.25, -0.2) is 13.6 Å². The van der Waals surface area contributed by atoms with Crippen LogP contribution in [0.25, 0.3) is 0 Å². The first-order valence-corrected chi connectivity index (χ1v) is 21.6. The zero-order valence-electron chi connectivity index (χ0n) is 33.7. The van der Waals surface area contributed by atoms with Gasteiger partial charge in [0.25, 0.3) is 0 Å². The van der Waals surface area contributed by atoms with Crippen LogP contribution >= 0.6 is 22.6 Å². The summed E-state index contributed by atoms with van der Waals surface area (Å²) in [5, 5.41) is 7.58. The number of amides is 6. The predicted octanol–water partition coefficient (Wildman–Crippen LogP) is 0.647. The number of nitrogens with zero attached hydrogens (tertiary/aromatic N) is 3. The Labute approximate surface area is 355 Å². The molecule has 4 rings (SSSR count). The maximum atomic E-state index is 14.4. The van der Waals surface area contributed by atoms with Crippen LogP contribution in [0.5, 0.6) is 0 Å². The molecule has 59 heavy (non-hydrogen) atoms. The summed E-state index contributed by atoms with van der Waals surface area (Å²) in [6.45, 7) is 1.65. The number of fused-ring (bicyclic) bond motifs is 2. The van der Waals surface area contributed by atoms with Gasteiger partial charge in [-0.15, -0.1) is 0 Å². The van der Waals surface area contributed by atoms with Gasteiger partial charge in [0, 0.05) is 32.6 Å². The molecule has 326 valence electrons. The lowest BCUT2D eigenvalue weighted by atomic mass is 10.0. The SMILES string of the molecule is CCCC/C=C/C(=O)N[C@@H](Cc1cc(F)cc(F)c1)C(=O)N[C@H]1COC(=O)[C@@H]2CCCN2C(=O)[C@H](C)NC(=O)[C@H](COC(=O)CN)N(C)C(=O)[C@@H]2CCCN2C1=O.CI. The highest BCUT2D eigenvalue weighted by Gasteiger charge is 2.44. The number of ether oxygens (including phenoxy) is 2. The van der Waals surface area contributed by atoms with Crippen molar-refractivity contribution in [1.29, 1.82) is 0 Å². The van der Waals surface area contributed by atoms with Gasteiger partial charge in [-0.1, -0.05) is 48.4 Å². The number of likely N-dealkylation sites (N-methyl/N-ethyl adjacent to an activating group) is 1. The van der Waals surface area contributed by atoms with E-state index in [1.807, 2.05) is 11.9 Å². The molecule has 3 aliphatic heterocycles. The van der Waals surface area contributed by atoms with Gasteiger partial charge in [0.05, 0.1) is 6.54 Å². The molecule has 1 aromatic carbocycles. The number of carbonyl (C=O) groups is 8. The highest BCUT2D eigenvalue weighted by Crippen LogP contribution is 2.24. The number of unbranched alkanes of at least 4 members (excludes halogenated alkanes) is 2. The average Bonchev–Trinajstić information content (AvgIpc) is 3.91. The Hall–Kier alpha value is -4.73. The van der Waals surface area contributed by atoms with Crippen molar-refractivity contribution in [2.45, 2.75) is 101 Å². The number of benzene rings is 1. The van der Waals surface area contributed by atoms with Crippen LogP contribution in [0.3, 0.4) is 0 Å². The van der Waals surface area contributed by atoms with Crippen molar-refractivity contribution in [1.82, 2.24) is 30.7 Å². The van der Waals surface area contributed by atoms with E-state index in [4.69, 9.17) is 15.2 Å². The molecule has 0 radical (unpaired) electrons. The lowest BCUT2D eigenvalue weighted by Gasteiger charge is -2.35. The van der Waals surface area contributed by atoms with Crippen molar-refractivity contribution in [3.8, 4) is 0 Å². The van der Waals surface area contributed by atoms with Crippen LogP contribution in [0, 0.1) is 11.6 Å². The van der Waals surface area contributed by atoms with Gasteiger partial charge in [0.2, 0.25) is 35.4 Å². The summed E-state index contributed by atoms with van der Waals surface area (Å²) >= 11 is 2.15. The van der Waals surface area contributed by atoms with E-state index in [2.05, 4.69) is 38.5 Å². The fraction of sp³-hybridized carbons (Fsp3) is 0.590. The summed E-state index contributed by atoms with van der Waals surface area (Å²) < 4.78 is 39.1. The molecule has 0 saturated carbocycles. The summed E-state index contributed by atoms with van der Waals surface area (Å²) in [4.78, 5) is 113. The minimum absolute atomic E-state index is 0.0165. The molecular formula is C39H54F2IN7O10. The minimum Gasteiger partial charge on any atom is -0.462 e. The first kappa shape index (κ1) is 48.6. The number of hydrogen-bond acceptors (Lipinski definition) is 11. The number of allylic oxidation sites excluding steroid dienone is 1. The maximum Gasteiger partial charge on any atom is 0.328 e. The fourth-order valence-corrected chi connectivity index (χ4v) is 6.98. The van der Waals surface area contributed by atoms with Gasteiger partial charge in [-0.05, 0) is 67.7 Å². The van der Waals surface area contributed by atoms with Crippen LogP contribution in [-0.2, 0) is 54.3 Å². The highest BCUT2D eigenvalue weighted by atomic mass is 127. The predicted molar refractivity (Wildman–Crippen MR) is 217 cm³/mol. The Kier molecular flexibility index (Phi) is 19.6. The lowest BCUT2D eigenvalue weighted by Crippen LogP contribution is -2.61. The second-order valence-corrected chi connectivity index (χ2v) is 14.2. The molecule has 5 N–H and O–H groups in total. The Bertz CT molecular complexity index is 1720. The molecule has 1 aromatic rings. The number of cyclic esters (lactones) is 1. The minimum atomic E-state index is -1.65. The summed E-state index contributed by atoms with van der Waals surface area (Å²) in [6, 6.07) is -5.45. The molecule has 20 heteroatoms. The van der Waals surface area contributed by atoms with Crippen molar-refractivity contribution in [3.63, 3.8) is 0 Å². The summed E-state index contributed by atoms with van der Waals surface area (Å²) in [6.07, 6.45) is 5.74. The van der Waals surface area contributed by atoms with Gasteiger partial charge < -0.3 is 45.9 Å². The third-order valence-corrected chi connectivity index (χ3v) is 10.0. The van der Waals surface area contributed by atoms with Gasteiger partial charge >= 0.3 is 11.9 Å². The molecule has 0 unspecified atom stereocenters. The molecule has 3 heterocycles. The van der Waals surface area contributed by atoms with Crippen LogP contribution in [0.2, 0.25) is 0 Å². The third-order valence-electron chi connectivity index (χ3n) is 10.0. The number of rotatable bonds is 12. The number of halogens is 3. The summed E-state index contributed by atoms with van der Waals surface area (Å²) in [5.74, 6) is -8.33. The van der Waals surface area contributed by atoms with Crippen molar-refractivity contribution in [3.05, 3.63) is 47.5 Å². The second kappa shape index (κ2) is 23.8. The zero-order valence-corrected chi connectivity index (χ0v) is 35.8. The number of nitrogens with one attached hydrogen (secondary N) is 3. The highest BCUT2D eigenvalue weighted by molar-refractivity contribution is 14.1. The topological polar surface area (TPSA) is 227 Å². The third kappa shape index (κ3) is 13.7. The van der Waals surface area contributed by atoms with E-state index in [-0.39, 0.29) is 31.5 Å². The number of esters is 2. The Morgan fingerprint density at radius 2 is 1.63 bits per heavy atom. The first-order valence-electron chi connectivity index (χ1n) is 19.5. The lowest BCUT2D eigenvalue weighted by molar-refractivity contribution is -0.158. The van der Waals surface area contributed by atoms with E-state index >= 15 is 0 Å². The smallest absolute Gasteiger partial charge is 0.328 e. The number of hydrogen-bond donors (Lipinski definition) is 4. The van der Waals surface area contributed by atoms with Crippen LogP contribution < -0.4 is 21.7 Å². The molecule has 0 aliphatic carbocycles. The van der Waals surface area contributed by atoms with E-state index in [0.29, 0.717) is 25.3 Å². The fourth-order valence-electron chi connectivity index (χ4n) is 6.98. The average molecular weight is 946 g/mol. The molecule has 6 amide bonds. The molecular weight excluding hydrogens is 891 g/mol. The van der Waals surface area contributed by atoms with Crippen molar-refractivity contribution >= 4 is 70.0 Å². The largest absolute Gasteiger partial charge is 0.462 e. The second-order valence-electron chi connectivity index (χ2n) is 14.2. The van der Waals surface area contributed by atoms with Crippen molar-refractivity contribution in [2.75, 3.05) is 44.8 Å². The van der Waals surface area contributed by atoms with Gasteiger partial charge in [0.1, 0.15) is 61.1 Å². The Balaban J connectivity index is 0.00000458. The van der Waals surface area contributed by atoms with Gasteiger partial charge in [-0.2, -0.15) is 0 Å². The molecule has 6 atom stereocenters. The summed E-state index contributed by atoms with van der Waals surface area (Å²) in [7, 11) is 1.27. The van der Waals surface area contributed by atoms with Gasteiger partial charge in [-0.3, -0.25) is 33.6 Å². The van der Waals surface area contributed by atoms with Crippen LogP contribution in [0.4, 0.5) is 8.78 Å². The van der Waals surface area contributed by atoms with Crippen LogP contribution in [0.15, 0.2) is 30.4 Å². The molecule has 0 aromatic heterocycles. The van der Waals surface area contributed by atoms with E-state index in [1.54, 1.807) is 6.08 Å². The monoisotopic (exact) mass is 945 g/mol. The van der Waals surface area contributed by atoms with E-state index < -0.39 is 121 Å². The Morgan fingerprint density at radius 1 is 1.00 bits per heavy atom. The quantitative estimate of drug-likeness (QED) is 0.0749. The molecule has 3 fully saturated rings. The van der Waals surface area contributed by atoms with Crippen LogP contribution in [0.1, 0.15) is 64.4 Å². The molecule has 0 spiro atoms. The number of alkyl halides is 1.